The molecule has 0 fully saturated rings. The summed E-state index contributed by atoms with van der Waals surface area (Å²) < 4.78 is 0. The molecule has 1 atom stereocenters. The molecule has 0 aliphatic rings. The summed E-state index contributed by atoms with van der Waals surface area (Å²) in [6.45, 7) is 4.59. The first-order chi connectivity index (χ1) is 9.22. The van der Waals surface area contributed by atoms with Gasteiger partial charge in [0.25, 0.3) is 0 Å². The highest BCUT2D eigenvalue weighted by molar-refractivity contribution is 4.66. The highest BCUT2D eigenvalue weighted by Gasteiger charge is 2.09. The third-order valence-corrected chi connectivity index (χ3v) is 4.26. The SMILES string of the molecule is CCCCCCCCCCCC(CCCC)N(C)C. The molecule has 0 radical (unpaired) electrons. The number of rotatable bonds is 14. The second kappa shape index (κ2) is 14.4. The molecule has 0 spiro atoms. The molecule has 1 nitrogen and oxygen atoms in total. The van der Waals surface area contributed by atoms with E-state index >= 15 is 0 Å². The molecule has 0 N–H and O–H groups in total. The zero-order chi connectivity index (χ0) is 14.3. The van der Waals surface area contributed by atoms with Crippen LogP contribution in [0.15, 0.2) is 0 Å². The van der Waals surface area contributed by atoms with Crippen molar-refractivity contribution in [1.82, 2.24) is 4.90 Å². The Labute approximate surface area is 123 Å². The van der Waals surface area contributed by atoms with Crippen LogP contribution in [0.1, 0.15) is 97.3 Å². The quantitative estimate of drug-likeness (QED) is 0.348. The summed E-state index contributed by atoms with van der Waals surface area (Å²) in [5.41, 5.74) is 0. The summed E-state index contributed by atoms with van der Waals surface area (Å²) >= 11 is 0. The Kier molecular flexibility index (Phi) is 14.3. The molecule has 0 saturated heterocycles. The molecule has 1 heteroatoms. The smallest absolute Gasteiger partial charge is 0.00891 e. The largest absolute Gasteiger partial charge is 0.306 e. The van der Waals surface area contributed by atoms with E-state index in [1.54, 1.807) is 0 Å². The second-order valence-corrected chi connectivity index (χ2v) is 6.38. The van der Waals surface area contributed by atoms with Crippen LogP contribution in [0.2, 0.25) is 0 Å². The maximum atomic E-state index is 2.43. The van der Waals surface area contributed by atoms with E-state index in [-0.39, 0.29) is 0 Å². The molecular formula is C18H39N. The predicted molar refractivity (Wildman–Crippen MR) is 88.8 cm³/mol. The van der Waals surface area contributed by atoms with E-state index in [9.17, 15) is 0 Å². The Morgan fingerprint density at radius 3 is 1.47 bits per heavy atom. The lowest BCUT2D eigenvalue weighted by Crippen LogP contribution is -2.27. The molecule has 0 aromatic carbocycles. The van der Waals surface area contributed by atoms with Crippen LogP contribution in [-0.2, 0) is 0 Å². The van der Waals surface area contributed by atoms with Crippen LogP contribution in [0.4, 0.5) is 0 Å². The van der Waals surface area contributed by atoms with Crippen LogP contribution in [0.3, 0.4) is 0 Å². The second-order valence-electron chi connectivity index (χ2n) is 6.38. The molecule has 0 saturated carbocycles. The van der Waals surface area contributed by atoms with Gasteiger partial charge in [-0.3, -0.25) is 0 Å². The van der Waals surface area contributed by atoms with Gasteiger partial charge in [-0.1, -0.05) is 84.5 Å². The molecule has 1 unspecified atom stereocenters. The highest BCUT2D eigenvalue weighted by Crippen LogP contribution is 2.15. The topological polar surface area (TPSA) is 3.24 Å². The first kappa shape index (κ1) is 19.0. The third kappa shape index (κ3) is 12.7. The van der Waals surface area contributed by atoms with Gasteiger partial charge >= 0.3 is 0 Å². The Morgan fingerprint density at radius 2 is 1.00 bits per heavy atom. The minimum absolute atomic E-state index is 0.824. The molecule has 0 bridgehead atoms. The van der Waals surface area contributed by atoms with Gasteiger partial charge in [0.2, 0.25) is 0 Å². The van der Waals surface area contributed by atoms with Crippen molar-refractivity contribution in [3.63, 3.8) is 0 Å². The van der Waals surface area contributed by atoms with Crippen molar-refractivity contribution in [3.8, 4) is 0 Å². The van der Waals surface area contributed by atoms with E-state index in [0.29, 0.717) is 0 Å². The maximum absolute atomic E-state index is 2.43. The standard InChI is InChI=1S/C18H39N/c1-5-7-9-10-11-12-13-14-15-17-18(19(3)4)16-8-6-2/h18H,5-17H2,1-4H3. The lowest BCUT2D eigenvalue weighted by Gasteiger charge is -2.24. The average molecular weight is 270 g/mol. The number of hydrogen-bond acceptors (Lipinski definition) is 1. The van der Waals surface area contributed by atoms with E-state index in [1.165, 1.54) is 83.5 Å². The van der Waals surface area contributed by atoms with Crippen molar-refractivity contribution in [3.05, 3.63) is 0 Å². The van der Waals surface area contributed by atoms with Gasteiger partial charge in [-0.25, -0.2) is 0 Å². The summed E-state index contributed by atoms with van der Waals surface area (Å²) in [5, 5.41) is 0. The molecule has 0 aromatic heterocycles. The lowest BCUT2D eigenvalue weighted by atomic mass is 10.0. The van der Waals surface area contributed by atoms with E-state index in [1.807, 2.05) is 0 Å². The van der Waals surface area contributed by atoms with Gasteiger partial charge < -0.3 is 4.90 Å². The molecule has 0 amide bonds. The zero-order valence-corrected chi connectivity index (χ0v) is 14.2. The molecule has 0 aliphatic heterocycles. The minimum atomic E-state index is 0.824. The van der Waals surface area contributed by atoms with Crippen LogP contribution in [0.25, 0.3) is 0 Å². The van der Waals surface area contributed by atoms with Crippen LogP contribution in [0, 0.1) is 0 Å². The average Bonchev–Trinajstić information content (AvgIpc) is 2.39. The zero-order valence-electron chi connectivity index (χ0n) is 14.2. The third-order valence-electron chi connectivity index (χ3n) is 4.26. The molecule has 0 aromatic rings. The Hall–Kier alpha value is -0.0400. The van der Waals surface area contributed by atoms with Crippen LogP contribution < -0.4 is 0 Å². The van der Waals surface area contributed by atoms with Gasteiger partial charge in [0.05, 0.1) is 0 Å². The number of hydrogen-bond donors (Lipinski definition) is 0. The van der Waals surface area contributed by atoms with Crippen LogP contribution >= 0.6 is 0 Å². The van der Waals surface area contributed by atoms with Gasteiger partial charge in [0.1, 0.15) is 0 Å². The summed E-state index contributed by atoms with van der Waals surface area (Å²) in [6, 6.07) is 0.824. The van der Waals surface area contributed by atoms with Gasteiger partial charge in [-0.05, 0) is 26.9 Å². The Bertz CT molecular complexity index is 165. The molecule has 0 rings (SSSR count). The van der Waals surface area contributed by atoms with Crippen molar-refractivity contribution in [2.75, 3.05) is 14.1 Å². The van der Waals surface area contributed by atoms with Crippen LogP contribution in [0.5, 0.6) is 0 Å². The van der Waals surface area contributed by atoms with Gasteiger partial charge in [0, 0.05) is 6.04 Å². The first-order valence-corrected chi connectivity index (χ1v) is 8.88. The van der Waals surface area contributed by atoms with E-state index < -0.39 is 0 Å². The lowest BCUT2D eigenvalue weighted by molar-refractivity contribution is 0.253. The van der Waals surface area contributed by atoms with Gasteiger partial charge in [-0.15, -0.1) is 0 Å². The monoisotopic (exact) mass is 269 g/mol. The summed E-state index contributed by atoms with van der Waals surface area (Å²) in [6.07, 6.45) is 18.5. The fourth-order valence-corrected chi connectivity index (χ4v) is 2.79. The van der Waals surface area contributed by atoms with Crippen molar-refractivity contribution >= 4 is 0 Å². The molecule has 116 valence electrons. The molecule has 19 heavy (non-hydrogen) atoms. The fourth-order valence-electron chi connectivity index (χ4n) is 2.79. The normalized spacial score (nSPS) is 13.1. The summed E-state index contributed by atoms with van der Waals surface area (Å²) in [7, 11) is 4.49. The fraction of sp³-hybridized carbons (Fsp3) is 1.00. The minimum Gasteiger partial charge on any atom is -0.306 e. The Balaban J connectivity index is 3.34. The number of nitrogens with zero attached hydrogens (tertiary/aromatic N) is 1. The molecule has 0 aliphatic carbocycles. The summed E-state index contributed by atoms with van der Waals surface area (Å²) in [5.74, 6) is 0. The van der Waals surface area contributed by atoms with Crippen molar-refractivity contribution in [1.29, 1.82) is 0 Å². The van der Waals surface area contributed by atoms with Crippen molar-refractivity contribution in [2.45, 2.75) is 103 Å². The highest BCUT2D eigenvalue weighted by atomic mass is 15.1. The number of unbranched alkanes of at least 4 members (excludes halogenated alkanes) is 9. The summed E-state index contributed by atoms with van der Waals surface area (Å²) in [4.78, 5) is 2.43. The van der Waals surface area contributed by atoms with E-state index in [0.717, 1.165) is 6.04 Å². The Morgan fingerprint density at radius 1 is 0.579 bits per heavy atom. The van der Waals surface area contributed by atoms with Crippen LogP contribution in [-0.4, -0.2) is 25.0 Å². The maximum Gasteiger partial charge on any atom is 0.00891 e. The van der Waals surface area contributed by atoms with Crippen molar-refractivity contribution < 1.29 is 0 Å². The van der Waals surface area contributed by atoms with E-state index in [2.05, 4.69) is 32.8 Å². The van der Waals surface area contributed by atoms with E-state index in [4.69, 9.17) is 0 Å². The van der Waals surface area contributed by atoms with Gasteiger partial charge in [0.15, 0.2) is 0 Å². The molecular weight excluding hydrogens is 230 g/mol. The first-order valence-electron chi connectivity index (χ1n) is 8.88. The van der Waals surface area contributed by atoms with Crippen molar-refractivity contribution in [2.24, 2.45) is 0 Å². The molecule has 0 heterocycles. The predicted octanol–water partition coefficient (Wildman–Crippen LogP) is 6.03. The van der Waals surface area contributed by atoms with Gasteiger partial charge in [-0.2, -0.15) is 0 Å².